The first-order chi connectivity index (χ1) is 15.7. The molecule has 0 fully saturated rings. The molecule has 6 nitrogen and oxygen atoms in total. The third kappa shape index (κ3) is 4.30. The first-order valence-corrected chi connectivity index (χ1v) is 11.1. The molecule has 0 saturated heterocycles. The number of halogens is 2. The van der Waals surface area contributed by atoms with E-state index < -0.39 is 35.5 Å². The largest absolute Gasteiger partial charge is 0.344 e. The van der Waals surface area contributed by atoms with Gasteiger partial charge in [-0.1, -0.05) is 46.3 Å². The number of carbonyl (C=O) groups is 3. The average Bonchev–Trinajstić information content (AvgIpc) is 3.05. The molecule has 0 radical (unpaired) electrons. The first kappa shape index (κ1) is 22.8. The van der Waals surface area contributed by atoms with Crippen LogP contribution >= 0.6 is 15.9 Å². The number of imide groups is 1. The molecule has 168 valence electrons. The van der Waals surface area contributed by atoms with Crippen LogP contribution in [0.5, 0.6) is 0 Å². The van der Waals surface area contributed by atoms with Crippen molar-refractivity contribution in [3.8, 4) is 0 Å². The number of nitrogens with one attached hydrogen (secondary N) is 1. The standard InChI is InChI=1S/C25H21BrFN3O3/c1-25(2,19-9-5-6-14-28-19)29-22(31)21(20(27)15-10-12-16(26)13-11-15)30-23(32)17-7-3-4-8-18(17)24(30)33/h3-14,20-21H,1-2H3,(H,29,31)/t20-,21-/m0/s1. The number of nitrogens with zero attached hydrogens (tertiary/aromatic N) is 2. The van der Waals surface area contributed by atoms with Crippen LogP contribution in [0.4, 0.5) is 4.39 Å². The number of hydrogen-bond acceptors (Lipinski definition) is 4. The topological polar surface area (TPSA) is 79.4 Å². The van der Waals surface area contributed by atoms with Gasteiger partial charge in [0.1, 0.15) is 0 Å². The Morgan fingerprint density at radius 2 is 1.55 bits per heavy atom. The molecule has 1 aromatic heterocycles. The van der Waals surface area contributed by atoms with E-state index in [9.17, 15) is 14.4 Å². The van der Waals surface area contributed by atoms with Gasteiger partial charge in [-0.25, -0.2) is 4.39 Å². The lowest BCUT2D eigenvalue weighted by atomic mass is 9.96. The maximum absolute atomic E-state index is 15.9. The highest BCUT2D eigenvalue weighted by atomic mass is 79.9. The van der Waals surface area contributed by atoms with Crippen LogP contribution in [0, 0.1) is 0 Å². The molecule has 1 N–H and O–H groups in total. The third-order valence-corrected chi connectivity index (χ3v) is 6.11. The molecule has 1 aliphatic rings. The van der Waals surface area contributed by atoms with Crippen molar-refractivity contribution in [3.63, 3.8) is 0 Å². The van der Waals surface area contributed by atoms with Gasteiger partial charge in [0.15, 0.2) is 12.2 Å². The Balaban J connectivity index is 1.73. The zero-order valence-electron chi connectivity index (χ0n) is 18.0. The summed E-state index contributed by atoms with van der Waals surface area (Å²) >= 11 is 3.30. The van der Waals surface area contributed by atoms with Gasteiger partial charge in [0.25, 0.3) is 11.8 Å². The van der Waals surface area contributed by atoms with Crippen LogP contribution in [0.3, 0.4) is 0 Å². The van der Waals surface area contributed by atoms with Gasteiger partial charge in [-0.2, -0.15) is 0 Å². The van der Waals surface area contributed by atoms with E-state index in [1.54, 1.807) is 62.5 Å². The van der Waals surface area contributed by atoms with Crippen molar-refractivity contribution in [2.45, 2.75) is 31.6 Å². The van der Waals surface area contributed by atoms with Crippen LogP contribution in [0.15, 0.2) is 77.4 Å². The number of aromatic nitrogens is 1. The number of pyridine rings is 1. The number of carbonyl (C=O) groups excluding carboxylic acids is 3. The summed E-state index contributed by atoms with van der Waals surface area (Å²) in [5, 5.41) is 2.78. The van der Waals surface area contributed by atoms with Crippen LogP contribution in [0.1, 0.15) is 52.0 Å². The molecule has 2 aromatic carbocycles. The second-order valence-electron chi connectivity index (χ2n) is 8.25. The number of amides is 3. The highest BCUT2D eigenvalue weighted by molar-refractivity contribution is 9.10. The number of benzene rings is 2. The van der Waals surface area contributed by atoms with Crippen molar-refractivity contribution in [1.29, 1.82) is 0 Å². The smallest absolute Gasteiger partial charge is 0.262 e. The Hall–Kier alpha value is -3.39. The summed E-state index contributed by atoms with van der Waals surface area (Å²) in [6, 6.07) is 16.1. The summed E-state index contributed by atoms with van der Waals surface area (Å²) in [5.41, 5.74) is 0.0398. The monoisotopic (exact) mass is 509 g/mol. The van der Waals surface area contributed by atoms with E-state index in [0.717, 1.165) is 9.37 Å². The van der Waals surface area contributed by atoms with Crippen LogP contribution in [-0.4, -0.2) is 33.6 Å². The van der Waals surface area contributed by atoms with E-state index in [2.05, 4.69) is 26.2 Å². The van der Waals surface area contributed by atoms with Crippen LogP contribution in [-0.2, 0) is 10.3 Å². The molecule has 1 aliphatic heterocycles. The summed E-state index contributed by atoms with van der Waals surface area (Å²) in [6.45, 7) is 3.44. The molecule has 3 aromatic rings. The Labute approximate surface area is 199 Å². The quantitative estimate of drug-likeness (QED) is 0.493. The van der Waals surface area contributed by atoms with Gasteiger partial charge < -0.3 is 5.32 Å². The third-order valence-electron chi connectivity index (χ3n) is 5.58. The second kappa shape index (κ2) is 8.86. The molecule has 0 saturated carbocycles. The fourth-order valence-corrected chi connectivity index (χ4v) is 4.11. The van der Waals surface area contributed by atoms with Crippen LogP contribution < -0.4 is 5.32 Å². The van der Waals surface area contributed by atoms with Gasteiger partial charge in [0.2, 0.25) is 5.91 Å². The Kier molecular flexibility index (Phi) is 6.12. The lowest BCUT2D eigenvalue weighted by molar-refractivity contribution is -0.129. The Morgan fingerprint density at radius 1 is 0.970 bits per heavy atom. The minimum Gasteiger partial charge on any atom is -0.344 e. The molecule has 2 heterocycles. The van der Waals surface area contributed by atoms with Crippen molar-refractivity contribution in [1.82, 2.24) is 15.2 Å². The predicted molar refractivity (Wildman–Crippen MR) is 124 cm³/mol. The summed E-state index contributed by atoms with van der Waals surface area (Å²) in [7, 11) is 0. The molecule has 0 aliphatic carbocycles. The SMILES string of the molecule is CC(C)(NC(=O)[C@H]([C@@H](F)c1ccc(Br)cc1)N1C(=O)c2ccccc2C1=O)c1ccccn1. The van der Waals surface area contributed by atoms with E-state index in [0.29, 0.717) is 5.69 Å². The zero-order chi connectivity index (χ0) is 23.8. The van der Waals surface area contributed by atoms with Gasteiger partial charge in [-0.05, 0) is 55.8 Å². The minimum absolute atomic E-state index is 0.146. The van der Waals surface area contributed by atoms with E-state index in [4.69, 9.17) is 0 Å². The summed E-state index contributed by atoms with van der Waals surface area (Å²) in [4.78, 5) is 44.7. The van der Waals surface area contributed by atoms with E-state index >= 15 is 4.39 Å². The van der Waals surface area contributed by atoms with Crippen molar-refractivity contribution in [2.24, 2.45) is 0 Å². The van der Waals surface area contributed by atoms with Crippen molar-refractivity contribution >= 4 is 33.7 Å². The molecule has 3 amide bonds. The fourth-order valence-electron chi connectivity index (χ4n) is 3.85. The van der Waals surface area contributed by atoms with Crippen LogP contribution in [0.25, 0.3) is 0 Å². The lowest BCUT2D eigenvalue weighted by Crippen LogP contribution is -2.55. The number of alkyl halides is 1. The first-order valence-electron chi connectivity index (χ1n) is 10.3. The molecule has 0 spiro atoms. The molecular formula is C25H21BrFN3O3. The molecule has 2 atom stereocenters. The van der Waals surface area contributed by atoms with Crippen LogP contribution in [0.2, 0.25) is 0 Å². The van der Waals surface area contributed by atoms with E-state index in [1.165, 1.54) is 24.3 Å². The minimum atomic E-state index is -1.94. The van der Waals surface area contributed by atoms with Crippen molar-refractivity contribution in [3.05, 3.63) is 99.8 Å². The molecule has 8 heteroatoms. The molecule has 33 heavy (non-hydrogen) atoms. The lowest BCUT2D eigenvalue weighted by Gasteiger charge is -2.33. The maximum atomic E-state index is 15.9. The number of fused-ring (bicyclic) bond motifs is 1. The Bertz CT molecular complexity index is 1180. The number of hydrogen-bond donors (Lipinski definition) is 1. The van der Waals surface area contributed by atoms with Gasteiger partial charge in [0, 0.05) is 10.7 Å². The Morgan fingerprint density at radius 3 is 2.09 bits per heavy atom. The molecular weight excluding hydrogens is 489 g/mol. The zero-order valence-corrected chi connectivity index (χ0v) is 19.5. The predicted octanol–water partition coefficient (Wildman–Crippen LogP) is 4.57. The fraction of sp³-hybridized carbons (Fsp3) is 0.200. The van der Waals surface area contributed by atoms with Gasteiger partial charge in [0.05, 0.1) is 22.4 Å². The molecule has 4 rings (SSSR count). The normalized spacial score (nSPS) is 15.2. The molecule has 0 bridgehead atoms. The van der Waals surface area contributed by atoms with E-state index in [-0.39, 0.29) is 16.7 Å². The highest BCUT2D eigenvalue weighted by Crippen LogP contribution is 2.33. The summed E-state index contributed by atoms with van der Waals surface area (Å²) in [5.74, 6) is -2.20. The summed E-state index contributed by atoms with van der Waals surface area (Å²) in [6.07, 6.45) is -0.357. The maximum Gasteiger partial charge on any atom is 0.262 e. The van der Waals surface area contributed by atoms with Gasteiger partial charge in [-0.3, -0.25) is 24.3 Å². The average molecular weight is 510 g/mol. The summed E-state index contributed by atoms with van der Waals surface area (Å²) < 4.78 is 16.7. The second-order valence-corrected chi connectivity index (χ2v) is 9.17. The van der Waals surface area contributed by atoms with Crippen molar-refractivity contribution in [2.75, 3.05) is 0 Å². The van der Waals surface area contributed by atoms with Crippen molar-refractivity contribution < 1.29 is 18.8 Å². The van der Waals surface area contributed by atoms with Gasteiger partial charge >= 0.3 is 0 Å². The highest BCUT2D eigenvalue weighted by Gasteiger charge is 2.47. The molecule has 0 unspecified atom stereocenters. The van der Waals surface area contributed by atoms with E-state index in [1.807, 2.05) is 0 Å². The van der Waals surface area contributed by atoms with Gasteiger partial charge in [-0.15, -0.1) is 0 Å². The number of rotatable bonds is 6.